The van der Waals surface area contributed by atoms with Crippen LogP contribution >= 0.6 is 0 Å². The molecule has 0 saturated carbocycles. The van der Waals surface area contributed by atoms with Crippen molar-refractivity contribution in [3.63, 3.8) is 0 Å². The van der Waals surface area contributed by atoms with Crippen LogP contribution in [0.1, 0.15) is 0 Å². The number of rotatable bonds is 4. The van der Waals surface area contributed by atoms with Gasteiger partial charge in [-0.3, -0.25) is 9.67 Å². The Labute approximate surface area is 136 Å². The minimum atomic E-state index is 0.814. The van der Waals surface area contributed by atoms with Crippen LogP contribution in [0.25, 0.3) is 0 Å². The standard InChI is InChI=1S/C16H23N7/c1-17-16(19-8-10-23-9-4-7-20-23)22-13-11-21(12-14-22)15-5-2-3-6-18-15/h2-7,9H,8,10-14H2,1H3,(H,17,19). The molecule has 0 aliphatic carbocycles. The van der Waals surface area contributed by atoms with E-state index in [1.807, 2.05) is 42.3 Å². The van der Waals surface area contributed by atoms with Crippen LogP contribution in [0.15, 0.2) is 47.8 Å². The summed E-state index contributed by atoms with van der Waals surface area (Å²) in [6, 6.07) is 7.98. The van der Waals surface area contributed by atoms with Gasteiger partial charge in [-0.25, -0.2) is 4.98 Å². The Morgan fingerprint density at radius 1 is 1.17 bits per heavy atom. The number of hydrogen-bond donors (Lipinski definition) is 1. The van der Waals surface area contributed by atoms with Gasteiger partial charge in [0.1, 0.15) is 5.82 Å². The average molecular weight is 313 g/mol. The van der Waals surface area contributed by atoms with Crippen molar-refractivity contribution in [1.82, 2.24) is 25.0 Å². The van der Waals surface area contributed by atoms with Crippen molar-refractivity contribution in [1.29, 1.82) is 0 Å². The zero-order chi connectivity index (χ0) is 15.9. The summed E-state index contributed by atoms with van der Waals surface area (Å²) in [7, 11) is 1.83. The van der Waals surface area contributed by atoms with Crippen LogP contribution in [0.5, 0.6) is 0 Å². The van der Waals surface area contributed by atoms with Crippen LogP contribution < -0.4 is 10.2 Å². The van der Waals surface area contributed by atoms with Crippen molar-refractivity contribution in [2.75, 3.05) is 44.7 Å². The smallest absolute Gasteiger partial charge is 0.193 e. The fourth-order valence-electron chi connectivity index (χ4n) is 2.74. The van der Waals surface area contributed by atoms with E-state index in [0.717, 1.165) is 51.0 Å². The molecule has 3 heterocycles. The number of anilines is 1. The molecule has 0 unspecified atom stereocenters. The Bertz CT molecular complexity index is 601. The van der Waals surface area contributed by atoms with Gasteiger partial charge >= 0.3 is 0 Å². The van der Waals surface area contributed by atoms with E-state index in [9.17, 15) is 0 Å². The van der Waals surface area contributed by atoms with E-state index in [2.05, 4.69) is 36.3 Å². The van der Waals surface area contributed by atoms with E-state index >= 15 is 0 Å². The van der Waals surface area contributed by atoms with Crippen LogP contribution in [0, 0.1) is 0 Å². The summed E-state index contributed by atoms with van der Waals surface area (Å²) in [5.74, 6) is 2.01. The molecule has 0 radical (unpaired) electrons. The van der Waals surface area contributed by atoms with Gasteiger partial charge in [-0.05, 0) is 18.2 Å². The van der Waals surface area contributed by atoms with E-state index in [-0.39, 0.29) is 0 Å². The number of nitrogens with zero attached hydrogens (tertiary/aromatic N) is 6. The predicted molar refractivity (Wildman–Crippen MR) is 91.6 cm³/mol. The number of aliphatic imine (C=N–C) groups is 1. The van der Waals surface area contributed by atoms with Gasteiger partial charge in [0.2, 0.25) is 0 Å². The van der Waals surface area contributed by atoms with E-state index in [1.54, 1.807) is 6.20 Å². The number of pyridine rings is 1. The minimum absolute atomic E-state index is 0.814. The van der Waals surface area contributed by atoms with Crippen molar-refractivity contribution >= 4 is 11.8 Å². The zero-order valence-corrected chi connectivity index (χ0v) is 13.5. The first-order chi connectivity index (χ1) is 11.4. The van der Waals surface area contributed by atoms with Crippen molar-refractivity contribution in [2.24, 2.45) is 4.99 Å². The highest BCUT2D eigenvalue weighted by Gasteiger charge is 2.20. The lowest BCUT2D eigenvalue weighted by atomic mass is 10.3. The molecule has 7 heteroatoms. The normalized spacial score (nSPS) is 15.8. The van der Waals surface area contributed by atoms with Crippen LogP contribution in [0.4, 0.5) is 5.82 Å². The molecule has 0 atom stereocenters. The molecule has 122 valence electrons. The Morgan fingerprint density at radius 3 is 2.70 bits per heavy atom. The number of nitrogens with one attached hydrogen (secondary N) is 1. The van der Waals surface area contributed by atoms with Crippen LogP contribution in [0.3, 0.4) is 0 Å². The molecule has 1 aliphatic heterocycles. The van der Waals surface area contributed by atoms with Crippen molar-refractivity contribution < 1.29 is 0 Å². The van der Waals surface area contributed by atoms with Gasteiger partial charge in [0.05, 0.1) is 6.54 Å². The monoisotopic (exact) mass is 313 g/mol. The van der Waals surface area contributed by atoms with Gasteiger partial charge in [0, 0.05) is 58.4 Å². The van der Waals surface area contributed by atoms with Crippen molar-refractivity contribution in [2.45, 2.75) is 6.54 Å². The fourth-order valence-corrected chi connectivity index (χ4v) is 2.74. The molecule has 0 amide bonds. The summed E-state index contributed by atoms with van der Waals surface area (Å²) in [5.41, 5.74) is 0. The van der Waals surface area contributed by atoms with Gasteiger partial charge in [-0.2, -0.15) is 5.10 Å². The molecule has 7 nitrogen and oxygen atoms in total. The van der Waals surface area contributed by atoms with Crippen LogP contribution in [0.2, 0.25) is 0 Å². The van der Waals surface area contributed by atoms with Gasteiger partial charge in [0.15, 0.2) is 5.96 Å². The largest absolute Gasteiger partial charge is 0.354 e. The first-order valence-electron chi connectivity index (χ1n) is 7.96. The highest BCUT2D eigenvalue weighted by atomic mass is 15.4. The second-order valence-electron chi connectivity index (χ2n) is 5.41. The highest BCUT2D eigenvalue weighted by Crippen LogP contribution is 2.12. The third-order valence-corrected chi connectivity index (χ3v) is 3.95. The lowest BCUT2D eigenvalue weighted by molar-refractivity contribution is 0.370. The molecule has 0 spiro atoms. The molecule has 2 aromatic heterocycles. The molecule has 1 fully saturated rings. The summed E-state index contributed by atoms with van der Waals surface area (Å²) in [6.45, 7) is 5.44. The molecular formula is C16H23N7. The molecule has 23 heavy (non-hydrogen) atoms. The molecule has 1 aliphatic rings. The van der Waals surface area contributed by atoms with E-state index in [0.29, 0.717) is 0 Å². The second kappa shape index (κ2) is 7.62. The summed E-state index contributed by atoms with van der Waals surface area (Å²) < 4.78 is 1.92. The Kier molecular flexibility index (Phi) is 5.08. The van der Waals surface area contributed by atoms with Crippen LogP contribution in [-0.4, -0.2) is 65.4 Å². The molecular weight excluding hydrogens is 290 g/mol. The number of hydrogen-bond acceptors (Lipinski definition) is 4. The minimum Gasteiger partial charge on any atom is -0.354 e. The van der Waals surface area contributed by atoms with Crippen molar-refractivity contribution in [3.05, 3.63) is 42.9 Å². The van der Waals surface area contributed by atoms with Crippen molar-refractivity contribution in [3.8, 4) is 0 Å². The maximum Gasteiger partial charge on any atom is 0.193 e. The Balaban J connectivity index is 1.47. The van der Waals surface area contributed by atoms with Crippen LogP contribution in [-0.2, 0) is 6.54 Å². The van der Waals surface area contributed by atoms with Gasteiger partial charge in [0.25, 0.3) is 0 Å². The molecule has 0 aromatic carbocycles. The number of guanidine groups is 1. The first kappa shape index (κ1) is 15.3. The third-order valence-electron chi connectivity index (χ3n) is 3.95. The summed E-state index contributed by atoms with van der Waals surface area (Å²) in [5, 5.41) is 7.62. The summed E-state index contributed by atoms with van der Waals surface area (Å²) >= 11 is 0. The number of piperazine rings is 1. The fraction of sp³-hybridized carbons (Fsp3) is 0.438. The van der Waals surface area contributed by atoms with Gasteiger partial charge in [-0.1, -0.05) is 6.07 Å². The Hall–Kier alpha value is -2.57. The van der Waals surface area contributed by atoms with Gasteiger partial charge in [-0.15, -0.1) is 0 Å². The van der Waals surface area contributed by atoms with E-state index in [4.69, 9.17) is 0 Å². The Morgan fingerprint density at radius 2 is 2.04 bits per heavy atom. The topological polar surface area (TPSA) is 61.6 Å². The average Bonchev–Trinajstić information content (AvgIpc) is 3.13. The predicted octanol–water partition coefficient (Wildman–Crippen LogP) is 0.676. The quantitative estimate of drug-likeness (QED) is 0.664. The SMILES string of the molecule is CN=C(NCCn1cccn1)N1CCN(c2ccccn2)CC1. The number of aromatic nitrogens is 3. The third kappa shape index (κ3) is 4.00. The molecule has 0 bridgehead atoms. The molecule has 3 rings (SSSR count). The lowest BCUT2D eigenvalue weighted by Gasteiger charge is -2.37. The maximum absolute atomic E-state index is 4.42. The van der Waals surface area contributed by atoms with Gasteiger partial charge < -0.3 is 15.1 Å². The lowest BCUT2D eigenvalue weighted by Crippen LogP contribution is -2.53. The maximum atomic E-state index is 4.42. The summed E-state index contributed by atoms with van der Waals surface area (Å²) in [4.78, 5) is 13.4. The highest BCUT2D eigenvalue weighted by molar-refractivity contribution is 5.80. The summed E-state index contributed by atoms with van der Waals surface area (Å²) in [6.07, 6.45) is 5.61. The van der Waals surface area contributed by atoms with E-state index in [1.165, 1.54) is 0 Å². The zero-order valence-electron chi connectivity index (χ0n) is 13.5. The molecule has 1 saturated heterocycles. The molecule has 1 N–H and O–H groups in total. The second-order valence-corrected chi connectivity index (χ2v) is 5.41. The molecule has 2 aromatic rings. The first-order valence-corrected chi connectivity index (χ1v) is 7.96. The van der Waals surface area contributed by atoms with E-state index < -0.39 is 0 Å².